The van der Waals surface area contributed by atoms with E-state index in [9.17, 15) is 13.2 Å². The lowest BCUT2D eigenvalue weighted by molar-refractivity contribution is 0.0600. The summed E-state index contributed by atoms with van der Waals surface area (Å²) < 4.78 is 28.4. The number of carbonyl (C=O) groups is 1. The van der Waals surface area contributed by atoms with Crippen molar-refractivity contribution in [2.45, 2.75) is 11.9 Å². The lowest BCUT2D eigenvalue weighted by Gasteiger charge is -2.34. The van der Waals surface area contributed by atoms with Gasteiger partial charge in [-0.05, 0) is 17.7 Å². The fraction of sp³-hybridized carbons (Fsp3) is 0.500. The van der Waals surface area contributed by atoms with E-state index in [4.69, 9.17) is 0 Å². The lowest BCUT2D eigenvalue weighted by Crippen LogP contribution is -2.46. The van der Waals surface area contributed by atoms with Crippen molar-refractivity contribution in [1.29, 1.82) is 0 Å². The summed E-state index contributed by atoms with van der Waals surface area (Å²) in [7, 11) is -1.74. The minimum Gasteiger partial charge on any atom is -0.465 e. The van der Waals surface area contributed by atoms with Crippen LogP contribution >= 0.6 is 11.8 Å². The molecule has 0 aromatic heterocycles. The Kier molecular flexibility index (Phi) is 5.29. The van der Waals surface area contributed by atoms with Crippen LogP contribution in [0.4, 0.5) is 0 Å². The highest BCUT2D eigenvalue weighted by Crippen LogP contribution is 2.22. The van der Waals surface area contributed by atoms with Gasteiger partial charge in [-0.15, -0.1) is 0 Å². The Morgan fingerprint density at radius 2 is 2.05 bits per heavy atom. The largest absolute Gasteiger partial charge is 0.465 e. The van der Waals surface area contributed by atoms with Crippen molar-refractivity contribution in [3.63, 3.8) is 0 Å². The second-order valence-corrected chi connectivity index (χ2v) is 8.37. The van der Waals surface area contributed by atoms with Crippen molar-refractivity contribution >= 4 is 27.6 Å². The summed E-state index contributed by atoms with van der Waals surface area (Å²) in [4.78, 5) is 13.4. The summed E-state index contributed by atoms with van der Waals surface area (Å²) in [6, 6.07) is 7.09. The van der Waals surface area contributed by atoms with Gasteiger partial charge in [0.25, 0.3) is 0 Å². The predicted octanol–water partition coefficient (Wildman–Crippen LogP) is 1.39. The summed E-state index contributed by atoms with van der Waals surface area (Å²) in [6.45, 7) is 1.32. The van der Waals surface area contributed by atoms with Crippen molar-refractivity contribution in [1.82, 2.24) is 4.90 Å². The van der Waals surface area contributed by atoms with E-state index in [1.807, 2.05) is 17.0 Å². The number of methoxy groups -OCH3 is 1. The van der Waals surface area contributed by atoms with Crippen LogP contribution in [-0.2, 0) is 21.1 Å². The maximum absolute atomic E-state index is 11.9. The molecule has 1 unspecified atom stereocenters. The standard InChI is InChI=1S/C14H19NO4S2/c1-19-14(16)12-5-3-11(4-6-12)9-15-7-8-20-10-13(15)21(2,17)18/h3-6,13H,7-10H2,1-2H3. The average Bonchev–Trinajstić information content (AvgIpc) is 2.47. The van der Waals surface area contributed by atoms with E-state index in [1.165, 1.54) is 13.4 Å². The van der Waals surface area contributed by atoms with Crippen LogP contribution in [0.25, 0.3) is 0 Å². The van der Waals surface area contributed by atoms with Crippen molar-refractivity contribution < 1.29 is 17.9 Å². The van der Waals surface area contributed by atoms with Gasteiger partial charge in [0.1, 0.15) is 5.37 Å². The van der Waals surface area contributed by atoms with Gasteiger partial charge in [0.05, 0.1) is 12.7 Å². The first-order chi connectivity index (χ1) is 9.91. The monoisotopic (exact) mass is 329 g/mol. The summed E-state index contributed by atoms with van der Waals surface area (Å²) >= 11 is 1.67. The number of esters is 1. The van der Waals surface area contributed by atoms with Crippen LogP contribution in [0.3, 0.4) is 0 Å². The second-order valence-electron chi connectivity index (χ2n) is 5.02. The van der Waals surface area contributed by atoms with E-state index in [1.54, 1.807) is 23.9 Å². The molecule has 2 rings (SSSR count). The smallest absolute Gasteiger partial charge is 0.337 e. The molecule has 0 spiro atoms. The second kappa shape index (κ2) is 6.81. The molecule has 1 fully saturated rings. The normalized spacial score (nSPS) is 20.2. The molecule has 0 saturated carbocycles. The molecule has 116 valence electrons. The first-order valence-corrected chi connectivity index (χ1v) is 9.70. The number of hydrogen-bond acceptors (Lipinski definition) is 6. The Balaban J connectivity index is 2.11. The number of rotatable bonds is 4. The number of nitrogens with zero attached hydrogens (tertiary/aromatic N) is 1. The van der Waals surface area contributed by atoms with Gasteiger partial charge in [0, 0.05) is 30.9 Å². The number of ether oxygens (including phenoxy) is 1. The van der Waals surface area contributed by atoms with E-state index in [2.05, 4.69) is 4.74 Å². The number of hydrogen-bond donors (Lipinski definition) is 0. The number of carbonyl (C=O) groups excluding carboxylic acids is 1. The maximum atomic E-state index is 11.9. The van der Waals surface area contributed by atoms with Crippen molar-refractivity contribution in [2.75, 3.05) is 31.4 Å². The topological polar surface area (TPSA) is 63.7 Å². The molecule has 0 amide bonds. The molecule has 0 aliphatic carbocycles. The van der Waals surface area contributed by atoms with Gasteiger partial charge in [0.15, 0.2) is 9.84 Å². The summed E-state index contributed by atoms with van der Waals surface area (Å²) in [5.41, 5.74) is 1.48. The van der Waals surface area contributed by atoms with E-state index in [0.29, 0.717) is 17.9 Å². The molecule has 1 aromatic rings. The Morgan fingerprint density at radius 1 is 1.38 bits per heavy atom. The molecule has 1 atom stereocenters. The third-order valence-corrected chi connectivity index (χ3v) is 6.13. The van der Waals surface area contributed by atoms with E-state index < -0.39 is 15.2 Å². The lowest BCUT2D eigenvalue weighted by atomic mass is 10.1. The number of thioether (sulfide) groups is 1. The fourth-order valence-electron chi connectivity index (χ4n) is 2.29. The minimum absolute atomic E-state index is 0.370. The summed E-state index contributed by atoms with van der Waals surface area (Å²) in [6.07, 6.45) is 1.29. The van der Waals surface area contributed by atoms with Crippen LogP contribution in [-0.4, -0.2) is 56.1 Å². The Morgan fingerprint density at radius 3 is 2.62 bits per heavy atom. The Labute approximate surface area is 129 Å². The molecule has 21 heavy (non-hydrogen) atoms. The van der Waals surface area contributed by atoms with Gasteiger partial charge < -0.3 is 4.74 Å². The van der Waals surface area contributed by atoms with Crippen LogP contribution in [0.5, 0.6) is 0 Å². The first kappa shape index (κ1) is 16.3. The highest BCUT2D eigenvalue weighted by Gasteiger charge is 2.30. The van der Waals surface area contributed by atoms with Crippen molar-refractivity contribution in [2.24, 2.45) is 0 Å². The molecule has 0 bridgehead atoms. The molecule has 5 nitrogen and oxygen atoms in total. The highest BCUT2D eigenvalue weighted by molar-refractivity contribution is 8.00. The first-order valence-electron chi connectivity index (χ1n) is 6.59. The zero-order chi connectivity index (χ0) is 15.5. The highest BCUT2D eigenvalue weighted by atomic mass is 32.2. The zero-order valence-corrected chi connectivity index (χ0v) is 13.7. The van der Waals surface area contributed by atoms with E-state index >= 15 is 0 Å². The third kappa shape index (κ3) is 4.21. The van der Waals surface area contributed by atoms with Crippen LogP contribution in [0.2, 0.25) is 0 Å². The maximum Gasteiger partial charge on any atom is 0.337 e. The quantitative estimate of drug-likeness (QED) is 0.778. The Bertz CT molecular complexity index is 598. The van der Waals surface area contributed by atoms with Gasteiger partial charge >= 0.3 is 5.97 Å². The minimum atomic E-state index is -3.09. The Hall–Kier alpha value is -1.05. The van der Waals surface area contributed by atoms with Crippen LogP contribution in [0.15, 0.2) is 24.3 Å². The van der Waals surface area contributed by atoms with Crippen LogP contribution < -0.4 is 0 Å². The van der Waals surface area contributed by atoms with Crippen LogP contribution in [0, 0.1) is 0 Å². The van der Waals surface area contributed by atoms with Gasteiger partial charge in [-0.1, -0.05) is 12.1 Å². The molecule has 1 saturated heterocycles. The van der Waals surface area contributed by atoms with Crippen LogP contribution in [0.1, 0.15) is 15.9 Å². The summed E-state index contributed by atoms with van der Waals surface area (Å²) in [5.74, 6) is 1.18. The number of sulfone groups is 1. The number of benzene rings is 1. The van der Waals surface area contributed by atoms with Gasteiger partial charge in [-0.25, -0.2) is 13.2 Å². The van der Waals surface area contributed by atoms with E-state index in [0.717, 1.165) is 17.9 Å². The van der Waals surface area contributed by atoms with Crippen molar-refractivity contribution in [3.05, 3.63) is 35.4 Å². The molecule has 7 heteroatoms. The molecule has 1 aromatic carbocycles. The molecular weight excluding hydrogens is 310 g/mol. The molecule has 1 heterocycles. The van der Waals surface area contributed by atoms with Gasteiger partial charge in [0.2, 0.25) is 0 Å². The van der Waals surface area contributed by atoms with Gasteiger partial charge in [-0.3, -0.25) is 4.90 Å². The summed E-state index contributed by atoms with van der Waals surface area (Å²) in [5, 5.41) is -0.434. The average molecular weight is 329 g/mol. The van der Waals surface area contributed by atoms with Crippen molar-refractivity contribution in [3.8, 4) is 0 Å². The molecule has 0 N–H and O–H groups in total. The SMILES string of the molecule is COC(=O)c1ccc(CN2CCSCC2S(C)(=O)=O)cc1. The molecule has 0 radical (unpaired) electrons. The van der Waals surface area contributed by atoms with Gasteiger partial charge in [-0.2, -0.15) is 11.8 Å². The molecule has 1 aliphatic rings. The molecular formula is C14H19NO4S2. The fourth-order valence-corrected chi connectivity index (χ4v) is 5.23. The van der Waals surface area contributed by atoms with E-state index in [-0.39, 0.29) is 5.97 Å². The third-order valence-electron chi connectivity index (χ3n) is 3.45. The predicted molar refractivity (Wildman–Crippen MR) is 84.1 cm³/mol. The molecule has 1 aliphatic heterocycles. The zero-order valence-electron chi connectivity index (χ0n) is 12.1.